The molecule has 9 N–H and O–H groups in total. The van der Waals surface area contributed by atoms with Crippen LogP contribution in [-0.2, 0) is 33.6 Å². The van der Waals surface area contributed by atoms with Gasteiger partial charge < -0.3 is 42.1 Å². The number of carbonyl (C=O) groups is 7. The van der Waals surface area contributed by atoms with Crippen molar-refractivity contribution < 1.29 is 54.0 Å². The summed E-state index contributed by atoms with van der Waals surface area (Å²) in [4.78, 5) is 81.7. The van der Waals surface area contributed by atoms with Crippen LogP contribution in [0, 0.1) is 5.92 Å². The number of hydrogen-bond donors (Lipinski definition) is 8. The van der Waals surface area contributed by atoms with Crippen molar-refractivity contribution in [1.82, 2.24) is 16.0 Å². The minimum Gasteiger partial charge on any atom is -0.481 e. The van der Waals surface area contributed by atoms with Gasteiger partial charge in [0, 0.05) is 12.8 Å². The summed E-state index contributed by atoms with van der Waals surface area (Å²) in [5, 5.41) is 42.4. The van der Waals surface area contributed by atoms with Crippen molar-refractivity contribution in [3.8, 4) is 0 Å². The average molecular weight is 504 g/mol. The van der Waals surface area contributed by atoms with Crippen LogP contribution in [0.4, 0.5) is 0 Å². The Balaban J connectivity index is 5.56. The van der Waals surface area contributed by atoms with Crippen LogP contribution in [0.5, 0.6) is 0 Å². The fourth-order valence-corrected chi connectivity index (χ4v) is 2.82. The lowest BCUT2D eigenvalue weighted by Crippen LogP contribution is -2.59. The van der Waals surface area contributed by atoms with E-state index in [4.69, 9.17) is 21.1 Å². The van der Waals surface area contributed by atoms with Crippen LogP contribution in [0.25, 0.3) is 0 Å². The van der Waals surface area contributed by atoms with E-state index in [9.17, 15) is 38.7 Å². The summed E-state index contributed by atoms with van der Waals surface area (Å²) in [6, 6.07) is -5.90. The minimum atomic E-state index is -1.67. The Morgan fingerprint density at radius 1 is 0.714 bits per heavy atom. The molecule has 3 amide bonds. The lowest BCUT2D eigenvalue weighted by atomic mass is 9.97. The lowest BCUT2D eigenvalue weighted by Gasteiger charge is -2.27. The highest BCUT2D eigenvalue weighted by molar-refractivity contribution is 5.95. The molecule has 0 saturated carbocycles. The van der Waals surface area contributed by atoms with Crippen LogP contribution in [0.2, 0.25) is 0 Å². The van der Waals surface area contributed by atoms with Crippen LogP contribution in [0.3, 0.4) is 0 Å². The van der Waals surface area contributed by atoms with Gasteiger partial charge in [0.15, 0.2) is 0 Å². The monoisotopic (exact) mass is 504 g/mol. The number of nitrogens with two attached hydrogens (primary N) is 1. The van der Waals surface area contributed by atoms with E-state index in [0.29, 0.717) is 6.42 Å². The van der Waals surface area contributed by atoms with E-state index in [0.717, 1.165) is 0 Å². The van der Waals surface area contributed by atoms with Crippen molar-refractivity contribution in [2.24, 2.45) is 11.7 Å². The molecule has 0 aliphatic heterocycles. The van der Waals surface area contributed by atoms with Gasteiger partial charge in [-0.05, 0) is 18.8 Å². The number of carboxylic acid groups (broad SMARTS) is 4. The van der Waals surface area contributed by atoms with Crippen LogP contribution in [0.15, 0.2) is 0 Å². The van der Waals surface area contributed by atoms with E-state index in [2.05, 4.69) is 16.0 Å². The van der Waals surface area contributed by atoms with Crippen molar-refractivity contribution >= 4 is 41.6 Å². The Hall–Kier alpha value is -3.75. The molecule has 5 unspecified atom stereocenters. The molecule has 15 nitrogen and oxygen atoms in total. The first-order valence-electron chi connectivity index (χ1n) is 10.7. The summed E-state index contributed by atoms with van der Waals surface area (Å²) in [6.45, 7) is 3.23. The van der Waals surface area contributed by atoms with Crippen molar-refractivity contribution in [3.63, 3.8) is 0 Å². The Morgan fingerprint density at radius 3 is 1.69 bits per heavy atom. The molecule has 198 valence electrons. The van der Waals surface area contributed by atoms with Crippen molar-refractivity contribution in [3.05, 3.63) is 0 Å². The molecule has 15 heteroatoms. The predicted octanol–water partition coefficient (Wildman–Crippen LogP) is -1.90. The smallest absolute Gasteiger partial charge is 0.326 e. The average Bonchev–Trinajstić information content (AvgIpc) is 2.76. The van der Waals surface area contributed by atoms with Gasteiger partial charge in [0.05, 0.1) is 12.5 Å². The van der Waals surface area contributed by atoms with Crippen LogP contribution >= 0.6 is 0 Å². The Bertz CT molecular complexity index is 817. The standard InChI is InChI=1S/C20H32N4O11/c1-3-9(2)16(19(33)22-11(20(34)35)5-7-14(27)28)24-18(32)12(8-15(29)30)23-17(31)10(21)4-6-13(25)26/h9-12,16H,3-8,21H2,1-2H3,(H,22,33)(H,23,31)(H,24,32)(H,25,26)(H,27,28)(H,29,30)(H,34,35). The van der Waals surface area contributed by atoms with Gasteiger partial charge in [0.1, 0.15) is 18.1 Å². The summed E-state index contributed by atoms with van der Waals surface area (Å²) in [5.74, 6) is -8.98. The van der Waals surface area contributed by atoms with Crippen molar-refractivity contribution in [1.29, 1.82) is 0 Å². The molecule has 35 heavy (non-hydrogen) atoms. The Morgan fingerprint density at radius 2 is 1.23 bits per heavy atom. The highest BCUT2D eigenvalue weighted by Gasteiger charge is 2.33. The SMILES string of the molecule is CCC(C)C(NC(=O)C(CC(=O)O)NC(=O)C(N)CCC(=O)O)C(=O)NC(CCC(=O)O)C(=O)O. The first-order chi connectivity index (χ1) is 16.2. The molecule has 0 radical (unpaired) electrons. The fraction of sp³-hybridized carbons (Fsp3) is 0.650. The van der Waals surface area contributed by atoms with Crippen LogP contribution in [-0.4, -0.2) is 86.2 Å². The van der Waals surface area contributed by atoms with Gasteiger partial charge in [-0.3, -0.25) is 28.8 Å². The van der Waals surface area contributed by atoms with E-state index in [1.165, 1.54) is 0 Å². The summed E-state index contributed by atoms with van der Waals surface area (Å²) in [5.41, 5.74) is 5.58. The quantitative estimate of drug-likeness (QED) is 0.108. The lowest BCUT2D eigenvalue weighted by molar-refractivity contribution is -0.144. The zero-order chi connectivity index (χ0) is 27.3. The fourth-order valence-electron chi connectivity index (χ4n) is 2.82. The zero-order valence-corrected chi connectivity index (χ0v) is 19.4. The summed E-state index contributed by atoms with van der Waals surface area (Å²) in [6.07, 6.45) is -2.20. The number of aliphatic carboxylic acids is 4. The van der Waals surface area contributed by atoms with Gasteiger partial charge >= 0.3 is 23.9 Å². The zero-order valence-electron chi connectivity index (χ0n) is 19.4. The number of carboxylic acids is 4. The largest absolute Gasteiger partial charge is 0.481 e. The molecule has 0 aromatic heterocycles. The number of rotatable bonds is 17. The third kappa shape index (κ3) is 12.3. The molecule has 0 spiro atoms. The molecular weight excluding hydrogens is 472 g/mol. The molecule has 0 aromatic rings. The molecule has 0 rings (SSSR count). The second-order valence-corrected chi connectivity index (χ2v) is 7.90. The summed E-state index contributed by atoms with van der Waals surface area (Å²) < 4.78 is 0. The van der Waals surface area contributed by atoms with Crippen LogP contribution < -0.4 is 21.7 Å². The van der Waals surface area contributed by atoms with E-state index in [-0.39, 0.29) is 6.42 Å². The molecule has 0 saturated heterocycles. The Labute approximate surface area is 200 Å². The topological polar surface area (TPSA) is 263 Å². The molecule has 0 aliphatic rings. The van der Waals surface area contributed by atoms with E-state index in [1.807, 2.05) is 0 Å². The maximum absolute atomic E-state index is 12.8. The van der Waals surface area contributed by atoms with Crippen molar-refractivity contribution in [2.75, 3.05) is 0 Å². The highest BCUT2D eigenvalue weighted by atomic mass is 16.4. The van der Waals surface area contributed by atoms with E-state index < -0.39 is 97.4 Å². The van der Waals surface area contributed by atoms with E-state index in [1.54, 1.807) is 13.8 Å². The molecule has 0 bridgehead atoms. The molecule has 0 fully saturated rings. The predicted molar refractivity (Wildman–Crippen MR) is 117 cm³/mol. The second-order valence-electron chi connectivity index (χ2n) is 7.90. The van der Waals surface area contributed by atoms with Gasteiger partial charge in [-0.2, -0.15) is 0 Å². The first-order valence-corrected chi connectivity index (χ1v) is 10.7. The molecule has 5 atom stereocenters. The maximum Gasteiger partial charge on any atom is 0.326 e. The van der Waals surface area contributed by atoms with E-state index >= 15 is 0 Å². The van der Waals surface area contributed by atoms with Gasteiger partial charge in [-0.15, -0.1) is 0 Å². The number of amides is 3. The molecule has 0 heterocycles. The molecule has 0 aromatic carbocycles. The number of carbonyl (C=O) groups excluding carboxylic acids is 3. The summed E-state index contributed by atoms with van der Waals surface area (Å²) >= 11 is 0. The minimum absolute atomic E-state index is 0.270. The number of nitrogens with one attached hydrogen (secondary N) is 3. The normalized spacial score (nSPS) is 14.9. The number of hydrogen-bond acceptors (Lipinski definition) is 8. The van der Waals surface area contributed by atoms with Gasteiger partial charge in [0.2, 0.25) is 17.7 Å². The third-order valence-corrected chi connectivity index (χ3v) is 5.07. The third-order valence-electron chi connectivity index (χ3n) is 5.07. The van der Waals surface area contributed by atoms with Crippen LogP contribution in [0.1, 0.15) is 52.4 Å². The van der Waals surface area contributed by atoms with Gasteiger partial charge in [-0.25, -0.2) is 4.79 Å². The summed E-state index contributed by atoms with van der Waals surface area (Å²) in [7, 11) is 0. The van der Waals surface area contributed by atoms with Gasteiger partial charge in [0.25, 0.3) is 0 Å². The molecule has 0 aliphatic carbocycles. The van der Waals surface area contributed by atoms with Crippen molar-refractivity contribution in [2.45, 2.75) is 76.5 Å². The second kappa shape index (κ2) is 15.2. The first kappa shape index (κ1) is 31.2. The van der Waals surface area contributed by atoms with Gasteiger partial charge in [-0.1, -0.05) is 20.3 Å². The highest BCUT2D eigenvalue weighted by Crippen LogP contribution is 2.11. The maximum atomic E-state index is 12.8. The Kier molecular flexibility index (Phi) is 13.6. The molecular formula is C20H32N4O11.